The van der Waals surface area contributed by atoms with Crippen molar-refractivity contribution in [3.8, 4) is 11.5 Å². The molecule has 7 heteroatoms. The lowest BCUT2D eigenvalue weighted by Gasteiger charge is -2.36. The second-order valence-corrected chi connectivity index (χ2v) is 7.57. The molecule has 25 heavy (non-hydrogen) atoms. The number of nitrogens with two attached hydrogens (primary N) is 1. The zero-order chi connectivity index (χ0) is 16.6. The minimum absolute atomic E-state index is 0. The minimum atomic E-state index is 0. The van der Waals surface area contributed by atoms with Gasteiger partial charge in [0.1, 0.15) is 0 Å². The lowest BCUT2D eigenvalue weighted by atomic mass is 9.93. The Balaban J connectivity index is 0.00000156. The Kier molecular flexibility index (Phi) is 8.62. The van der Waals surface area contributed by atoms with Gasteiger partial charge in [-0.25, -0.2) is 0 Å². The molecule has 1 aliphatic heterocycles. The van der Waals surface area contributed by atoms with Gasteiger partial charge in [0.25, 0.3) is 0 Å². The molecule has 0 aromatic heterocycles. The molecule has 1 aromatic rings. The Morgan fingerprint density at radius 2 is 1.80 bits per heavy atom. The quantitative estimate of drug-likeness (QED) is 0.790. The molecule has 1 heterocycles. The standard InChI is InChI=1S/C18H27ClN2O2.2ClH/c1-11(2)23-18-14(6-15(19)7-16(18)22-3)10-21-8-12-4-5-13(9-21)17(12)20;;/h6-7,11-13,17H,4-5,8-10,20H2,1-3H3;2*1H/t12-,13+,17?;;. The van der Waals surface area contributed by atoms with Crippen LogP contribution in [-0.4, -0.2) is 37.2 Å². The monoisotopic (exact) mass is 410 g/mol. The van der Waals surface area contributed by atoms with E-state index in [0.29, 0.717) is 28.6 Å². The number of halogens is 3. The van der Waals surface area contributed by atoms with E-state index < -0.39 is 0 Å². The van der Waals surface area contributed by atoms with E-state index >= 15 is 0 Å². The van der Waals surface area contributed by atoms with Crippen LogP contribution in [0.1, 0.15) is 32.3 Å². The highest BCUT2D eigenvalue weighted by Crippen LogP contribution is 2.39. The van der Waals surface area contributed by atoms with Crippen molar-refractivity contribution in [1.29, 1.82) is 0 Å². The maximum absolute atomic E-state index is 6.31. The Labute approximate surface area is 168 Å². The number of fused-ring (bicyclic) bond motifs is 2. The van der Waals surface area contributed by atoms with Crippen LogP contribution in [0.3, 0.4) is 0 Å². The van der Waals surface area contributed by atoms with Crippen LogP contribution in [0.25, 0.3) is 0 Å². The van der Waals surface area contributed by atoms with Gasteiger partial charge >= 0.3 is 0 Å². The van der Waals surface area contributed by atoms with E-state index in [1.54, 1.807) is 7.11 Å². The summed E-state index contributed by atoms with van der Waals surface area (Å²) in [7, 11) is 1.66. The fourth-order valence-corrected chi connectivity index (χ4v) is 4.22. The molecule has 0 radical (unpaired) electrons. The summed E-state index contributed by atoms with van der Waals surface area (Å²) in [6.07, 6.45) is 2.61. The van der Waals surface area contributed by atoms with Gasteiger partial charge in [-0.1, -0.05) is 11.6 Å². The van der Waals surface area contributed by atoms with Crippen molar-refractivity contribution in [2.45, 2.75) is 45.4 Å². The van der Waals surface area contributed by atoms with Gasteiger partial charge in [-0.15, -0.1) is 24.8 Å². The Morgan fingerprint density at radius 1 is 1.20 bits per heavy atom. The van der Waals surface area contributed by atoms with Crippen LogP contribution in [0.4, 0.5) is 0 Å². The number of likely N-dealkylation sites (tertiary alicyclic amines) is 1. The van der Waals surface area contributed by atoms with Gasteiger partial charge in [-0.2, -0.15) is 0 Å². The fourth-order valence-electron chi connectivity index (χ4n) is 3.99. The molecule has 1 aliphatic carbocycles. The van der Waals surface area contributed by atoms with Crippen molar-refractivity contribution in [2.24, 2.45) is 17.6 Å². The molecule has 2 fully saturated rings. The summed E-state index contributed by atoms with van der Waals surface area (Å²) in [5.74, 6) is 2.78. The van der Waals surface area contributed by atoms with Gasteiger partial charge in [0.05, 0.1) is 13.2 Å². The van der Waals surface area contributed by atoms with E-state index in [-0.39, 0.29) is 30.9 Å². The molecule has 3 atom stereocenters. The van der Waals surface area contributed by atoms with Gasteiger partial charge in [0.2, 0.25) is 0 Å². The van der Waals surface area contributed by atoms with E-state index in [9.17, 15) is 0 Å². The van der Waals surface area contributed by atoms with Crippen LogP contribution < -0.4 is 15.2 Å². The van der Waals surface area contributed by atoms with E-state index in [0.717, 1.165) is 30.9 Å². The molecule has 4 nitrogen and oxygen atoms in total. The average molecular weight is 412 g/mol. The highest BCUT2D eigenvalue weighted by atomic mass is 35.5. The van der Waals surface area contributed by atoms with Crippen LogP contribution in [0.15, 0.2) is 12.1 Å². The summed E-state index contributed by atoms with van der Waals surface area (Å²) >= 11 is 6.27. The van der Waals surface area contributed by atoms with Crippen LogP contribution in [0.2, 0.25) is 5.02 Å². The first-order valence-corrected chi connectivity index (χ1v) is 8.86. The van der Waals surface area contributed by atoms with E-state index in [2.05, 4.69) is 4.90 Å². The number of hydrogen-bond donors (Lipinski definition) is 1. The number of rotatable bonds is 5. The zero-order valence-corrected chi connectivity index (χ0v) is 17.4. The van der Waals surface area contributed by atoms with E-state index in [1.807, 2.05) is 26.0 Å². The van der Waals surface area contributed by atoms with Crippen molar-refractivity contribution in [1.82, 2.24) is 4.90 Å². The zero-order valence-electron chi connectivity index (χ0n) is 15.0. The number of benzene rings is 1. The van der Waals surface area contributed by atoms with Crippen LogP contribution in [0.5, 0.6) is 11.5 Å². The molecule has 144 valence electrons. The maximum Gasteiger partial charge on any atom is 0.166 e. The molecule has 1 unspecified atom stereocenters. The molecule has 2 aliphatic rings. The molecule has 1 aromatic carbocycles. The maximum atomic E-state index is 6.31. The van der Waals surface area contributed by atoms with Crippen molar-refractivity contribution in [3.63, 3.8) is 0 Å². The Morgan fingerprint density at radius 3 is 2.32 bits per heavy atom. The normalized spacial score (nSPS) is 25.3. The first-order chi connectivity index (χ1) is 11.0. The van der Waals surface area contributed by atoms with Crippen LogP contribution in [0, 0.1) is 11.8 Å². The summed E-state index contributed by atoms with van der Waals surface area (Å²) < 4.78 is 11.5. The van der Waals surface area contributed by atoms with Crippen molar-refractivity contribution in [2.75, 3.05) is 20.2 Å². The summed E-state index contributed by atoms with van der Waals surface area (Å²) in [5.41, 5.74) is 7.41. The predicted molar refractivity (Wildman–Crippen MR) is 108 cm³/mol. The summed E-state index contributed by atoms with van der Waals surface area (Å²) in [6, 6.07) is 4.20. The third kappa shape index (κ3) is 5.08. The number of nitrogens with zero attached hydrogens (tertiary/aromatic N) is 1. The average Bonchev–Trinajstić information content (AvgIpc) is 2.72. The van der Waals surface area contributed by atoms with E-state index in [1.165, 1.54) is 12.8 Å². The molecular weight excluding hydrogens is 383 g/mol. The molecule has 0 spiro atoms. The summed E-state index contributed by atoms with van der Waals surface area (Å²) in [5, 5.41) is 0.685. The van der Waals surface area contributed by atoms with Crippen LogP contribution in [-0.2, 0) is 6.54 Å². The Hall–Kier alpha value is -0.390. The van der Waals surface area contributed by atoms with Gasteiger partial charge in [-0.05, 0) is 44.6 Å². The summed E-state index contributed by atoms with van der Waals surface area (Å²) in [4.78, 5) is 2.49. The third-order valence-electron chi connectivity index (χ3n) is 5.05. The summed E-state index contributed by atoms with van der Waals surface area (Å²) in [6.45, 7) is 7.01. The van der Waals surface area contributed by atoms with Gasteiger partial charge in [-0.3, -0.25) is 4.90 Å². The van der Waals surface area contributed by atoms with Crippen molar-refractivity contribution < 1.29 is 9.47 Å². The number of hydrogen-bond acceptors (Lipinski definition) is 4. The SMILES string of the molecule is COc1cc(Cl)cc(CN2C[C@H]3CC[C@@H](C2)C3N)c1OC(C)C.Cl.Cl. The first kappa shape index (κ1) is 22.7. The Bertz CT molecular complexity index is 557. The van der Waals surface area contributed by atoms with Crippen molar-refractivity contribution in [3.05, 3.63) is 22.7 Å². The first-order valence-electron chi connectivity index (χ1n) is 8.49. The van der Waals surface area contributed by atoms with Gasteiger partial charge in [0, 0.05) is 42.3 Å². The topological polar surface area (TPSA) is 47.7 Å². The smallest absolute Gasteiger partial charge is 0.166 e. The molecular formula is C18H29Cl3N2O2. The van der Waals surface area contributed by atoms with E-state index in [4.69, 9.17) is 26.8 Å². The second kappa shape index (κ2) is 9.52. The minimum Gasteiger partial charge on any atom is -0.493 e. The number of ether oxygens (including phenoxy) is 2. The number of piperidine rings is 1. The molecule has 2 bridgehead atoms. The lowest BCUT2D eigenvalue weighted by Crippen LogP contribution is -2.48. The van der Waals surface area contributed by atoms with Gasteiger partial charge < -0.3 is 15.2 Å². The molecule has 1 saturated carbocycles. The van der Waals surface area contributed by atoms with Gasteiger partial charge in [0.15, 0.2) is 11.5 Å². The van der Waals surface area contributed by atoms with Crippen molar-refractivity contribution >= 4 is 36.4 Å². The van der Waals surface area contributed by atoms with Crippen LogP contribution >= 0.6 is 36.4 Å². The molecule has 1 saturated heterocycles. The molecule has 0 amide bonds. The lowest BCUT2D eigenvalue weighted by molar-refractivity contribution is 0.137. The fraction of sp³-hybridized carbons (Fsp3) is 0.667. The largest absolute Gasteiger partial charge is 0.493 e. The second-order valence-electron chi connectivity index (χ2n) is 7.13. The third-order valence-corrected chi connectivity index (χ3v) is 5.26. The highest BCUT2D eigenvalue weighted by Gasteiger charge is 2.39. The highest BCUT2D eigenvalue weighted by molar-refractivity contribution is 6.30. The molecule has 3 rings (SSSR count). The molecule has 2 N–H and O–H groups in total. The predicted octanol–water partition coefficient (Wildman–Crippen LogP) is 4.15. The number of methoxy groups -OCH3 is 1.